The van der Waals surface area contributed by atoms with Crippen molar-refractivity contribution in [2.45, 2.75) is 31.5 Å². The maximum absolute atomic E-state index is 5.84. The van der Waals surface area contributed by atoms with Crippen LogP contribution in [0.15, 0.2) is 30.3 Å². The first-order valence-corrected chi connectivity index (χ1v) is 6.93. The minimum atomic E-state index is -0.339. The summed E-state index contributed by atoms with van der Waals surface area (Å²) in [6.45, 7) is 1.65. The van der Waals surface area contributed by atoms with Crippen LogP contribution in [-0.4, -0.2) is 26.1 Å². The largest absolute Gasteiger partial charge is 0.497 e. The maximum atomic E-state index is 5.84. The molecule has 1 aromatic rings. The average molecular weight is 260 g/mol. The fraction of sp³-hybridized carbons (Fsp3) is 0.500. The van der Waals surface area contributed by atoms with Crippen molar-refractivity contribution in [3.05, 3.63) is 35.9 Å². The summed E-state index contributed by atoms with van der Waals surface area (Å²) in [4.78, 5) is 0. The maximum Gasteiger partial charge on any atom is 0.172 e. The Bertz CT molecular complexity index is 455. The molecular weight excluding hydrogens is 240 g/mol. The molecule has 0 saturated carbocycles. The fourth-order valence-corrected chi connectivity index (χ4v) is 2.75. The van der Waals surface area contributed by atoms with Crippen LogP contribution in [0, 0.1) is 0 Å². The van der Waals surface area contributed by atoms with E-state index < -0.39 is 0 Å². The normalized spacial score (nSPS) is 22.1. The summed E-state index contributed by atoms with van der Waals surface area (Å²) < 4.78 is 16.9. The van der Waals surface area contributed by atoms with Crippen molar-refractivity contribution in [1.29, 1.82) is 0 Å². The summed E-state index contributed by atoms with van der Waals surface area (Å²) in [7, 11) is 1.69. The second kappa shape index (κ2) is 5.35. The lowest BCUT2D eigenvalue weighted by molar-refractivity contribution is -0.268. The van der Waals surface area contributed by atoms with Gasteiger partial charge in [-0.15, -0.1) is 0 Å². The van der Waals surface area contributed by atoms with E-state index in [1.165, 1.54) is 11.1 Å². The molecule has 1 spiro atoms. The molecule has 0 radical (unpaired) electrons. The van der Waals surface area contributed by atoms with Gasteiger partial charge in [0.25, 0.3) is 0 Å². The van der Waals surface area contributed by atoms with E-state index in [4.69, 9.17) is 14.2 Å². The SMILES string of the molecule is COc1ccc(C2=CCC3(CC2)OCCCO3)cc1. The fourth-order valence-electron chi connectivity index (χ4n) is 2.75. The van der Waals surface area contributed by atoms with Crippen LogP contribution in [0.4, 0.5) is 0 Å². The van der Waals surface area contributed by atoms with Crippen molar-refractivity contribution in [2.75, 3.05) is 20.3 Å². The van der Waals surface area contributed by atoms with Gasteiger partial charge in [0, 0.05) is 12.8 Å². The highest BCUT2D eigenvalue weighted by atomic mass is 16.7. The predicted molar refractivity (Wildman–Crippen MR) is 74.1 cm³/mol. The van der Waals surface area contributed by atoms with E-state index in [0.717, 1.165) is 44.6 Å². The van der Waals surface area contributed by atoms with Gasteiger partial charge in [0.1, 0.15) is 5.75 Å². The quantitative estimate of drug-likeness (QED) is 0.815. The zero-order chi connectivity index (χ0) is 13.1. The van der Waals surface area contributed by atoms with E-state index in [9.17, 15) is 0 Å². The lowest BCUT2D eigenvalue weighted by Crippen LogP contribution is -2.41. The molecule has 1 fully saturated rings. The van der Waals surface area contributed by atoms with Crippen molar-refractivity contribution in [3.8, 4) is 5.75 Å². The van der Waals surface area contributed by atoms with Crippen LogP contribution in [0.3, 0.4) is 0 Å². The lowest BCUT2D eigenvalue weighted by Gasteiger charge is -2.39. The molecule has 0 atom stereocenters. The molecule has 19 heavy (non-hydrogen) atoms. The minimum Gasteiger partial charge on any atom is -0.497 e. The highest BCUT2D eigenvalue weighted by Crippen LogP contribution is 2.37. The van der Waals surface area contributed by atoms with Crippen LogP contribution in [-0.2, 0) is 9.47 Å². The molecule has 1 saturated heterocycles. The van der Waals surface area contributed by atoms with Crippen LogP contribution < -0.4 is 4.74 Å². The van der Waals surface area contributed by atoms with Gasteiger partial charge >= 0.3 is 0 Å². The van der Waals surface area contributed by atoms with Gasteiger partial charge in [-0.25, -0.2) is 0 Å². The Balaban J connectivity index is 1.72. The Kier molecular flexibility index (Phi) is 3.58. The number of methoxy groups -OCH3 is 1. The first kappa shape index (κ1) is 12.7. The predicted octanol–water partition coefficient (Wildman–Crippen LogP) is 3.40. The summed E-state index contributed by atoms with van der Waals surface area (Å²) in [6.07, 6.45) is 6.08. The minimum absolute atomic E-state index is 0.339. The number of hydrogen-bond acceptors (Lipinski definition) is 3. The lowest BCUT2D eigenvalue weighted by atomic mass is 9.89. The van der Waals surface area contributed by atoms with Crippen LogP contribution >= 0.6 is 0 Å². The average Bonchev–Trinajstić information content (AvgIpc) is 2.49. The van der Waals surface area contributed by atoms with Crippen molar-refractivity contribution in [1.82, 2.24) is 0 Å². The van der Waals surface area contributed by atoms with E-state index in [-0.39, 0.29) is 5.79 Å². The molecule has 0 aromatic heterocycles. The molecule has 0 bridgehead atoms. The molecule has 0 unspecified atom stereocenters. The summed E-state index contributed by atoms with van der Waals surface area (Å²) in [5, 5.41) is 0. The van der Waals surface area contributed by atoms with Gasteiger partial charge in [-0.1, -0.05) is 18.2 Å². The number of ether oxygens (including phenoxy) is 3. The highest BCUT2D eigenvalue weighted by Gasteiger charge is 2.35. The number of hydrogen-bond donors (Lipinski definition) is 0. The molecule has 3 nitrogen and oxygen atoms in total. The zero-order valence-electron chi connectivity index (χ0n) is 11.4. The Labute approximate surface area is 114 Å². The van der Waals surface area contributed by atoms with Gasteiger partial charge < -0.3 is 14.2 Å². The second-order valence-electron chi connectivity index (χ2n) is 5.12. The number of rotatable bonds is 2. The number of benzene rings is 1. The van der Waals surface area contributed by atoms with Crippen molar-refractivity contribution < 1.29 is 14.2 Å². The second-order valence-corrected chi connectivity index (χ2v) is 5.12. The van der Waals surface area contributed by atoms with E-state index in [1.807, 2.05) is 12.1 Å². The molecule has 102 valence electrons. The standard InChI is InChI=1S/C16H20O3/c1-17-15-5-3-13(4-6-15)14-7-9-16(10-8-14)18-11-2-12-19-16/h3-7H,2,8-12H2,1H3. The van der Waals surface area contributed by atoms with Gasteiger partial charge in [-0.3, -0.25) is 0 Å². The molecule has 2 aliphatic rings. The highest BCUT2D eigenvalue weighted by molar-refractivity contribution is 5.67. The Morgan fingerprint density at radius 1 is 1.11 bits per heavy atom. The molecule has 3 heteroatoms. The molecule has 1 aliphatic heterocycles. The molecular formula is C16H20O3. The van der Waals surface area contributed by atoms with Crippen molar-refractivity contribution in [2.24, 2.45) is 0 Å². The summed E-state index contributed by atoms with van der Waals surface area (Å²) in [5.74, 6) is 0.560. The molecule has 1 heterocycles. The topological polar surface area (TPSA) is 27.7 Å². The van der Waals surface area contributed by atoms with E-state index in [0.29, 0.717) is 0 Å². The zero-order valence-corrected chi connectivity index (χ0v) is 11.4. The Morgan fingerprint density at radius 2 is 1.84 bits per heavy atom. The third kappa shape index (κ3) is 2.67. The van der Waals surface area contributed by atoms with Gasteiger partial charge in [0.05, 0.1) is 20.3 Å². The van der Waals surface area contributed by atoms with E-state index in [1.54, 1.807) is 7.11 Å². The van der Waals surface area contributed by atoms with Crippen LogP contribution in [0.1, 0.15) is 31.2 Å². The van der Waals surface area contributed by atoms with Crippen molar-refractivity contribution in [3.63, 3.8) is 0 Å². The Hall–Kier alpha value is -1.32. The molecule has 0 amide bonds. The summed E-state index contributed by atoms with van der Waals surface area (Å²) in [5.41, 5.74) is 2.65. The van der Waals surface area contributed by atoms with Crippen LogP contribution in [0.25, 0.3) is 5.57 Å². The van der Waals surface area contributed by atoms with E-state index in [2.05, 4.69) is 18.2 Å². The summed E-state index contributed by atoms with van der Waals surface area (Å²) in [6, 6.07) is 8.25. The third-order valence-electron chi connectivity index (χ3n) is 3.91. The first-order chi connectivity index (χ1) is 9.31. The monoisotopic (exact) mass is 260 g/mol. The van der Waals surface area contributed by atoms with Crippen LogP contribution in [0.2, 0.25) is 0 Å². The third-order valence-corrected chi connectivity index (χ3v) is 3.91. The molecule has 1 aliphatic carbocycles. The summed E-state index contributed by atoms with van der Waals surface area (Å²) >= 11 is 0. The van der Waals surface area contributed by atoms with Gasteiger partial charge in [0.15, 0.2) is 5.79 Å². The molecule has 3 rings (SSSR count). The smallest absolute Gasteiger partial charge is 0.172 e. The number of allylic oxidation sites excluding steroid dienone is 1. The van der Waals surface area contributed by atoms with Gasteiger partial charge in [0.2, 0.25) is 0 Å². The first-order valence-electron chi connectivity index (χ1n) is 6.93. The van der Waals surface area contributed by atoms with Gasteiger partial charge in [-0.2, -0.15) is 0 Å². The molecule has 0 N–H and O–H groups in total. The van der Waals surface area contributed by atoms with Gasteiger partial charge in [-0.05, 0) is 36.1 Å². The Morgan fingerprint density at radius 3 is 2.42 bits per heavy atom. The van der Waals surface area contributed by atoms with E-state index >= 15 is 0 Å². The molecule has 1 aromatic carbocycles. The van der Waals surface area contributed by atoms with Crippen molar-refractivity contribution >= 4 is 5.57 Å². The van der Waals surface area contributed by atoms with Crippen LogP contribution in [0.5, 0.6) is 5.75 Å².